The average molecular weight is 461 g/mol. The van der Waals surface area contributed by atoms with Crippen molar-refractivity contribution in [3.05, 3.63) is 59.1 Å². The Morgan fingerprint density at radius 2 is 1.91 bits per heavy atom. The van der Waals surface area contributed by atoms with Crippen molar-refractivity contribution < 1.29 is 9.53 Å². The number of carbonyl (C=O) groups excluding carboxylic acids is 1. The molecule has 0 aliphatic carbocycles. The van der Waals surface area contributed by atoms with Crippen LogP contribution in [0.15, 0.2) is 48.5 Å². The van der Waals surface area contributed by atoms with Gasteiger partial charge in [0.2, 0.25) is 0 Å². The summed E-state index contributed by atoms with van der Waals surface area (Å²) in [6.07, 6.45) is 2.15. The molecule has 0 bridgehead atoms. The molecule has 4 aromatic rings. The summed E-state index contributed by atoms with van der Waals surface area (Å²) >= 11 is 1.53. The highest BCUT2D eigenvalue weighted by Crippen LogP contribution is 2.27. The number of hydrogen-bond donors (Lipinski definition) is 1. The number of carbonyl (C=O) groups is 1. The van der Waals surface area contributed by atoms with Crippen LogP contribution in [0.1, 0.15) is 28.2 Å². The molecule has 0 unspecified atom stereocenters. The third-order valence-electron chi connectivity index (χ3n) is 5.66. The molecule has 2 aromatic carbocycles. The van der Waals surface area contributed by atoms with E-state index < -0.39 is 0 Å². The number of hydrogen-bond acceptors (Lipinski definition) is 8. The Morgan fingerprint density at radius 3 is 2.70 bits per heavy atom. The zero-order valence-corrected chi connectivity index (χ0v) is 19.3. The number of rotatable bonds is 5. The number of fused-ring (bicyclic) bond motifs is 1. The van der Waals surface area contributed by atoms with Crippen molar-refractivity contribution >= 4 is 34.0 Å². The molecule has 0 spiro atoms. The molecule has 0 saturated carbocycles. The quantitative estimate of drug-likeness (QED) is 0.477. The van der Waals surface area contributed by atoms with Gasteiger partial charge in [-0.25, -0.2) is 0 Å². The number of nitrogens with zero attached hydrogens (tertiary/aromatic N) is 5. The minimum atomic E-state index is -0.256. The molecule has 1 aliphatic heterocycles. The summed E-state index contributed by atoms with van der Waals surface area (Å²) in [6.45, 7) is 3.97. The van der Waals surface area contributed by atoms with Gasteiger partial charge < -0.3 is 15.0 Å². The molecule has 8 nitrogen and oxygen atoms in total. The van der Waals surface area contributed by atoms with Gasteiger partial charge in [0.25, 0.3) is 5.91 Å². The van der Waals surface area contributed by atoms with E-state index in [0.717, 1.165) is 52.4 Å². The van der Waals surface area contributed by atoms with E-state index in [9.17, 15) is 4.79 Å². The Bertz CT molecular complexity index is 1300. The van der Waals surface area contributed by atoms with Crippen LogP contribution < -0.4 is 10.1 Å². The van der Waals surface area contributed by atoms with E-state index in [1.165, 1.54) is 11.3 Å². The fraction of sp³-hybridized carbons (Fsp3) is 0.292. The highest BCUT2D eigenvalue weighted by atomic mass is 32.1. The van der Waals surface area contributed by atoms with Crippen LogP contribution in [0.25, 0.3) is 21.5 Å². The highest BCUT2D eigenvalue weighted by Gasteiger charge is 2.18. The van der Waals surface area contributed by atoms with E-state index in [1.807, 2.05) is 43.3 Å². The molecular weight excluding hydrogens is 436 g/mol. The number of ether oxygens (including phenoxy) is 1. The van der Waals surface area contributed by atoms with Gasteiger partial charge in [-0.3, -0.25) is 4.79 Å². The number of amides is 1. The highest BCUT2D eigenvalue weighted by molar-refractivity contribution is 7.14. The van der Waals surface area contributed by atoms with E-state index in [0.29, 0.717) is 17.1 Å². The van der Waals surface area contributed by atoms with Crippen molar-refractivity contribution in [2.75, 3.05) is 25.5 Å². The zero-order chi connectivity index (χ0) is 22.8. The predicted molar refractivity (Wildman–Crippen MR) is 129 cm³/mol. The molecule has 1 saturated heterocycles. The minimum absolute atomic E-state index is 0.178. The molecule has 3 heterocycles. The maximum Gasteiger partial charge on any atom is 0.256 e. The van der Waals surface area contributed by atoms with Gasteiger partial charge in [0, 0.05) is 29.6 Å². The smallest absolute Gasteiger partial charge is 0.256 e. The first-order valence-corrected chi connectivity index (χ1v) is 11.7. The van der Waals surface area contributed by atoms with Gasteiger partial charge in [0.15, 0.2) is 5.82 Å². The standard InChI is InChI=1S/C24H24N6O2S/c1-15-26-29-24(33-15)17-6-7-21-18(12-17)14-22(28-27-21)25-23(31)16-4-3-5-20(13-16)32-19-8-10-30(2)11-9-19/h3-7,12-14,19H,8-11H2,1-2H3,(H,25,28,31). The van der Waals surface area contributed by atoms with Crippen molar-refractivity contribution in [1.29, 1.82) is 0 Å². The third kappa shape index (κ3) is 4.99. The van der Waals surface area contributed by atoms with Crippen molar-refractivity contribution in [2.45, 2.75) is 25.9 Å². The molecule has 1 aliphatic rings. The first-order chi connectivity index (χ1) is 16.0. The molecule has 0 radical (unpaired) electrons. The number of piperidine rings is 1. The molecule has 1 N–H and O–H groups in total. The van der Waals surface area contributed by atoms with Gasteiger partial charge in [0.05, 0.1) is 5.52 Å². The zero-order valence-electron chi connectivity index (χ0n) is 18.5. The van der Waals surface area contributed by atoms with Gasteiger partial charge >= 0.3 is 0 Å². The lowest BCUT2D eigenvalue weighted by Crippen LogP contribution is -2.35. The lowest BCUT2D eigenvalue weighted by molar-refractivity contribution is 0.102. The van der Waals surface area contributed by atoms with E-state index in [1.54, 1.807) is 12.1 Å². The van der Waals surface area contributed by atoms with Gasteiger partial charge in [-0.2, -0.15) is 0 Å². The van der Waals surface area contributed by atoms with Crippen LogP contribution in [-0.4, -0.2) is 57.4 Å². The summed E-state index contributed by atoms with van der Waals surface area (Å²) < 4.78 is 6.11. The van der Waals surface area contributed by atoms with Crippen LogP contribution in [-0.2, 0) is 0 Å². The van der Waals surface area contributed by atoms with Crippen LogP contribution in [0.5, 0.6) is 5.75 Å². The van der Waals surface area contributed by atoms with Crippen LogP contribution in [0, 0.1) is 6.92 Å². The summed E-state index contributed by atoms with van der Waals surface area (Å²) in [5, 5.41) is 22.2. The molecule has 0 atom stereocenters. The maximum absolute atomic E-state index is 12.9. The van der Waals surface area contributed by atoms with Crippen molar-refractivity contribution in [3.8, 4) is 16.3 Å². The monoisotopic (exact) mass is 460 g/mol. The Hall–Kier alpha value is -3.43. The van der Waals surface area contributed by atoms with E-state index in [2.05, 4.69) is 37.7 Å². The summed E-state index contributed by atoms with van der Waals surface area (Å²) in [6, 6.07) is 14.9. The van der Waals surface area contributed by atoms with Crippen LogP contribution in [0.3, 0.4) is 0 Å². The lowest BCUT2D eigenvalue weighted by Gasteiger charge is -2.29. The Morgan fingerprint density at radius 1 is 1.06 bits per heavy atom. The number of benzene rings is 2. The van der Waals surface area contributed by atoms with Crippen LogP contribution in [0.2, 0.25) is 0 Å². The lowest BCUT2D eigenvalue weighted by atomic mass is 10.1. The summed E-state index contributed by atoms with van der Waals surface area (Å²) in [4.78, 5) is 15.2. The van der Waals surface area contributed by atoms with Gasteiger partial charge in [-0.05, 0) is 69.3 Å². The topological polar surface area (TPSA) is 93.1 Å². The molecule has 168 valence electrons. The van der Waals surface area contributed by atoms with Gasteiger partial charge in [-0.1, -0.05) is 17.4 Å². The molecule has 5 rings (SSSR count). The maximum atomic E-state index is 12.9. The fourth-order valence-electron chi connectivity index (χ4n) is 3.85. The largest absolute Gasteiger partial charge is 0.490 e. The normalized spacial score (nSPS) is 15.0. The van der Waals surface area contributed by atoms with E-state index >= 15 is 0 Å². The predicted octanol–water partition coefficient (Wildman–Crippen LogP) is 4.18. The number of anilines is 1. The SMILES string of the molecule is Cc1nnc(-c2ccc3nnc(NC(=O)c4cccc(OC5CCN(C)CC5)c4)cc3c2)s1. The first kappa shape index (κ1) is 21.4. The van der Waals surface area contributed by atoms with Gasteiger partial charge in [0.1, 0.15) is 21.9 Å². The third-order valence-corrected chi connectivity index (χ3v) is 6.55. The second kappa shape index (κ2) is 9.21. The molecule has 2 aromatic heterocycles. The molecule has 33 heavy (non-hydrogen) atoms. The molecular formula is C24H24N6O2S. The average Bonchev–Trinajstić information content (AvgIpc) is 3.26. The minimum Gasteiger partial charge on any atom is -0.490 e. The van der Waals surface area contributed by atoms with Crippen LogP contribution >= 0.6 is 11.3 Å². The first-order valence-electron chi connectivity index (χ1n) is 10.9. The Kier molecular flexibility index (Phi) is 5.97. The van der Waals surface area contributed by atoms with Gasteiger partial charge in [-0.15, -0.1) is 20.4 Å². The number of likely N-dealkylation sites (tertiary alicyclic amines) is 1. The Labute approximate surface area is 195 Å². The van der Waals surface area contributed by atoms with Crippen LogP contribution in [0.4, 0.5) is 5.82 Å². The fourth-order valence-corrected chi connectivity index (χ4v) is 4.53. The second-order valence-electron chi connectivity index (χ2n) is 8.23. The number of aromatic nitrogens is 4. The van der Waals surface area contributed by atoms with E-state index in [4.69, 9.17) is 4.74 Å². The molecule has 9 heteroatoms. The van der Waals surface area contributed by atoms with Crippen molar-refractivity contribution in [1.82, 2.24) is 25.3 Å². The van der Waals surface area contributed by atoms with Crippen molar-refractivity contribution in [2.24, 2.45) is 0 Å². The number of aryl methyl sites for hydroxylation is 1. The summed E-state index contributed by atoms with van der Waals surface area (Å²) in [5.41, 5.74) is 2.21. The summed E-state index contributed by atoms with van der Waals surface area (Å²) in [7, 11) is 2.12. The second-order valence-corrected chi connectivity index (χ2v) is 9.41. The molecule has 1 amide bonds. The molecule has 1 fully saturated rings. The summed E-state index contributed by atoms with van der Waals surface area (Å²) in [5.74, 6) is 0.840. The van der Waals surface area contributed by atoms with E-state index in [-0.39, 0.29) is 12.0 Å². The Balaban J connectivity index is 1.31. The number of nitrogens with one attached hydrogen (secondary N) is 1. The van der Waals surface area contributed by atoms with Crippen molar-refractivity contribution in [3.63, 3.8) is 0 Å².